The van der Waals surface area contributed by atoms with E-state index in [4.69, 9.17) is 0 Å². The van der Waals surface area contributed by atoms with Gasteiger partial charge in [-0.25, -0.2) is 4.98 Å². The number of hydrogen-bond acceptors (Lipinski definition) is 3. The Hall–Kier alpha value is -2.82. The van der Waals surface area contributed by atoms with Crippen molar-refractivity contribution in [2.75, 3.05) is 12.4 Å². The minimum atomic E-state index is 0.00573. The van der Waals surface area contributed by atoms with Gasteiger partial charge in [0, 0.05) is 37.1 Å². The number of H-pyrrole nitrogens is 1. The number of carbonyl (C=O) groups excluding carboxylic acids is 1. The number of anilines is 1. The van der Waals surface area contributed by atoms with Gasteiger partial charge in [0.05, 0.1) is 6.42 Å². The molecule has 3 rings (SSSR count). The van der Waals surface area contributed by atoms with Gasteiger partial charge in [-0.3, -0.25) is 4.79 Å². The number of likely N-dealkylation sites (N-methyl/N-ethyl adjacent to an activating group) is 1. The number of rotatable bonds is 5. The highest BCUT2D eigenvalue weighted by Gasteiger charge is 2.07. The fourth-order valence-electron chi connectivity index (χ4n) is 2.47. The van der Waals surface area contributed by atoms with Crippen LogP contribution in [0.5, 0.6) is 0 Å². The Labute approximate surface area is 128 Å². The van der Waals surface area contributed by atoms with Crippen LogP contribution in [0.3, 0.4) is 0 Å². The molecule has 0 aliphatic rings. The van der Waals surface area contributed by atoms with E-state index >= 15 is 0 Å². The molecular formula is C17H18N4O. The van der Waals surface area contributed by atoms with E-state index in [1.54, 1.807) is 13.2 Å². The van der Waals surface area contributed by atoms with Gasteiger partial charge in [-0.1, -0.05) is 18.2 Å². The first-order valence-corrected chi connectivity index (χ1v) is 7.21. The number of aromatic nitrogens is 2. The smallest absolute Gasteiger partial charge is 0.224 e. The molecule has 2 aromatic heterocycles. The second-order valence-electron chi connectivity index (χ2n) is 5.07. The maximum absolute atomic E-state index is 11.6. The molecule has 0 atom stereocenters. The molecule has 22 heavy (non-hydrogen) atoms. The molecule has 3 aromatic rings. The van der Waals surface area contributed by atoms with E-state index in [0.29, 0.717) is 13.0 Å². The maximum atomic E-state index is 11.6. The molecule has 0 aliphatic carbocycles. The lowest BCUT2D eigenvalue weighted by atomic mass is 10.1. The minimum absolute atomic E-state index is 0.00573. The highest BCUT2D eigenvalue weighted by molar-refractivity contribution is 5.81. The second kappa shape index (κ2) is 6.30. The Morgan fingerprint density at radius 3 is 2.91 bits per heavy atom. The van der Waals surface area contributed by atoms with Crippen LogP contribution < -0.4 is 10.6 Å². The van der Waals surface area contributed by atoms with Crippen LogP contribution in [0.4, 0.5) is 5.69 Å². The maximum Gasteiger partial charge on any atom is 0.224 e. The van der Waals surface area contributed by atoms with Crippen molar-refractivity contribution < 1.29 is 4.79 Å². The van der Waals surface area contributed by atoms with Crippen molar-refractivity contribution in [2.45, 2.75) is 13.0 Å². The van der Waals surface area contributed by atoms with Crippen LogP contribution in [0.2, 0.25) is 0 Å². The van der Waals surface area contributed by atoms with Crippen LogP contribution in [0.1, 0.15) is 11.1 Å². The summed E-state index contributed by atoms with van der Waals surface area (Å²) in [6.07, 6.45) is 4.06. The van der Waals surface area contributed by atoms with Crippen molar-refractivity contribution in [3.05, 3.63) is 59.9 Å². The van der Waals surface area contributed by atoms with Gasteiger partial charge in [0.1, 0.15) is 5.65 Å². The van der Waals surface area contributed by atoms with Gasteiger partial charge in [-0.15, -0.1) is 0 Å². The van der Waals surface area contributed by atoms with Crippen LogP contribution >= 0.6 is 0 Å². The Balaban J connectivity index is 1.79. The van der Waals surface area contributed by atoms with Crippen molar-refractivity contribution in [3.8, 4) is 0 Å². The normalized spacial score (nSPS) is 10.6. The van der Waals surface area contributed by atoms with E-state index in [2.05, 4.69) is 20.6 Å². The van der Waals surface area contributed by atoms with Crippen molar-refractivity contribution in [3.63, 3.8) is 0 Å². The fourth-order valence-corrected chi connectivity index (χ4v) is 2.47. The summed E-state index contributed by atoms with van der Waals surface area (Å²) in [7, 11) is 1.65. The number of para-hydroxylation sites is 1. The molecule has 0 bridgehead atoms. The van der Waals surface area contributed by atoms with Crippen LogP contribution in [-0.2, 0) is 17.8 Å². The molecule has 5 nitrogen and oxygen atoms in total. The number of nitrogens with zero attached hydrogens (tertiary/aromatic N) is 1. The lowest BCUT2D eigenvalue weighted by molar-refractivity contribution is -0.119. The second-order valence-corrected chi connectivity index (χ2v) is 5.07. The molecule has 0 radical (unpaired) electrons. The zero-order valence-corrected chi connectivity index (χ0v) is 12.4. The summed E-state index contributed by atoms with van der Waals surface area (Å²) in [6.45, 7) is 0.682. The summed E-state index contributed by atoms with van der Waals surface area (Å²) < 4.78 is 0. The predicted molar refractivity (Wildman–Crippen MR) is 87.6 cm³/mol. The van der Waals surface area contributed by atoms with Crippen LogP contribution in [-0.4, -0.2) is 22.9 Å². The molecule has 1 amide bonds. The zero-order valence-electron chi connectivity index (χ0n) is 12.4. The van der Waals surface area contributed by atoms with Gasteiger partial charge in [0.15, 0.2) is 0 Å². The quantitative estimate of drug-likeness (QED) is 0.677. The molecule has 1 aromatic carbocycles. The van der Waals surface area contributed by atoms with Crippen molar-refractivity contribution in [2.24, 2.45) is 0 Å². The lowest BCUT2D eigenvalue weighted by Crippen LogP contribution is -2.20. The SMILES string of the molecule is CNC(=O)Cc1ccccc1NCc1ccnc2[nH]ccc12. The highest BCUT2D eigenvalue weighted by Crippen LogP contribution is 2.20. The average Bonchev–Trinajstić information content (AvgIpc) is 3.03. The summed E-state index contributed by atoms with van der Waals surface area (Å²) in [5.41, 5.74) is 4.02. The van der Waals surface area contributed by atoms with Crippen LogP contribution in [0.15, 0.2) is 48.8 Å². The zero-order chi connectivity index (χ0) is 15.4. The van der Waals surface area contributed by atoms with E-state index in [1.165, 1.54) is 5.56 Å². The largest absolute Gasteiger partial charge is 0.381 e. The molecule has 0 fully saturated rings. The van der Waals surface area contributed by atoms with Crippen molar-refractivity contribution in [1.29, 1.82) is 0 Å². The van der Waals surface area contributed by atoms with Crippen LogP contribution in [0.25, 0.3) is 11.0 Å². The monoisotopic (exact) mass is 294 g/mol. The molecule has 0 unspecified atom stereocenters. The number of amides is 1. The molecule has 0 aliphatic heterocycles. The van der Waals surface area contributed by atoms with Crippen LogP contribution in [0, 0.1) is 0 Å². The standard InChI is InChI=1S/C17H18N4O/c1-18-16(22)10-12-4-2-3-5-15(12)21-11-13-6-8-19-17-14(13)7-9-20-17/h2-9,21H,10-11H2,1H3,(H,18,22)(H,19,20). The van der Waals surface area contributed by atoms with E-state index in [-0.39, 0.29) is 5.91 Å². The van der Waals surface area contributed by atoms with E-state index < -0.39 is 0 Å². The fraction of sp³-hybridized carbons (Fsp3) is 0.176. The molecule has 3 N–H and O–H groups in total. The van der Waals surface area contributed by atoms with Crippen molar-refractivity contribution >= 4 is 22.6 Å². The number of fused-ring (bicyclic) bond motifs is 1. The van der Waals surface area contributed by atoms with E-state index in [0.717, 1.165) is 22.3 Å². The number of nitrogens with one attached hydrogen (secondary N) is 3. The summed E-state index contributed by atoms with van der Waals surface area (Å²) in [6, 6.07) is 11.9. The van der Waals surface area contributed by atoms with Gasteiger partial charge < -0.3 is 15.6 Å². The number of pyridine rings is 1. The topological polar surface area (TPSA) is 69.8 Å². The van der Waals surface area contributed by atoms with Gasteiger partial charge >= 0.3 is 0 Å². The Morgan fingerprint density at radius 1 is 1.18 bits per heavy atom. The Bertz CT molecular complexity index is 794. The van der Waals surface area contributed by atoms with E-state index in [9.17, 15) is 4.79 Å². The molecule has 5 heteroatoms. The third kappa shape index (κ3) is 2.93. The molecule has 2 heterocycles. The first-order valence-electron chi connectivity index (χ1n) is 7.21. The van der Waals surface area contributed by atoms with Gasteiger partial charge in [0.2, 0.25) is 5.91 Å². The number of hydrogen-bond donors (Lipinski definition) is 3. The molecule has 112 valence electrons. The number of aromatic amines is 1. The predicted octanol–water partition coefficient (Wildman–Crippen LogP) is 2.46. The highest BCUT2D eigenvalue weighted by atomic mass is 16.1. The number of carbonyl (C=O) groups is 1. The summed E-state index contributed by atoms with van der Waals surface area (Å²) in [5, 5.41) is 7.19. The Morgan fingerprint density at radius 2 is 2.05 bits per heavy atom. The van der Waals surface area contributed by atoms with Gasteiger partial charge in [-0.05, 0) is 29.3 Å². The lowest BCUT2D eigenvalue weighted by Gasteiger charge is -2.12. The molecular weight excluding hydrogens is 276 g/mol. The Kier molecular flexibility index (Phi) is 4.05. The van der Waals surface area contributed by atoms with Crippen molar-refractivity contribution in [1.82, 2.24) is 15.3 Å². The average molecular weight is 294 g/mol. The summed E-state index contributed by atoms with van der Waals surface area (Å²) in [4.78, 5) is 19.0. The summed E-state index contributed by atoms with van der Waals surface area (Å²) in [5.74, 6) is 0.00573. The number of benzene rings is 1. The first-order chi connectivity index (χ1) is 10.8. The van der Waals surface area contributed by atoms with Gasteiger partial charge in [0.25, 0.3) is 0 Å². The molecule has 0 spiro atoms. The summed E-state index contributed by atoms with van der Waals surface area (Å²) >= 11 is 0. The minimum Gasteiger partial charge on any atom is -0.381 e. The van der Waals surface area contributed by atoms with Gasteiger partial charge in [-0.2, -0.15) is 0 Å². The van der Waals surface area contributed by atoms with E-state index in [1.807, 2.05) is 42.6 Å². The third-order valence-corrected chi connectivity index (χ3v) is 3.67. The first kappa shape index (κ1) is 14.1. The molecule has 0 saturated heterocycles. The molecule has 0 saturated carbocycles. The third-order valence-electron chi connectivity index (χ3n) is 3.67.